The Kier molecular flexibility index (Phi) is 9.47. The summed E-state index contributed by atoms with van der Waals surface area (Å²) in [7, 11) is -0.366. The number of ether oxygens (including phenoxy) is 3. The minimum atomic E-state index is -0.366. The standard InChI is InChI=1S/C11H24O3Si/c1-5-9-15-11(14-8-4)10(12-6-2)13-7-3/h5-9,15H2,1-4H3. The topological polar surface area (TPSA) is 27.7 Å². The molecule has 4 heteroatoms. The molecule has 0 aromatic rings. The maximum atomic E-state index is 5.60. The summed E-state index contributed by atoms with van der Waals surface area (Å²) in [6, 6.07) is 1.24. The molecule has 0 radical (unpaired) electrons. The van der Waals surface area contributed by atoms with E-state index in [0.29, 0.717) is 25.8 Å². The van der Waals surface area contributed by atoms with E-state index < -0.39 is 0 Å². The van der Waals surface area contributed by atoms with Gasteiger partial charge in [0.05, 0.1) is 19.8 Å². The van der Waals surface area contributed by atoms with Crippen LogP contribution >= 0.6 is 0 Å². The molecule has 3 nitrogen and oxygen atoms in total. The summed E-state index contributed by atoms with van der Waals surface area (Å²) in [6.45, 7) is 10.1. The van der Waals surface area contributed by atoms with Gasteiger partial charge in [-0.3, -0.25) is 0 Å². The van der Waals surface area contributed by atoms with Crippen molar-refractivity contribution in [1.29, 1.82) is 0 Å². The minimum Gasteiger partial charge on any atom is -0.497 e. The second-order valence-electron chi connectivity index (χ2n) is 3.11. The molecule has 0 aliphatic rings. The molecule has 0 bridgehead atoms. The molecule has 0 spiro atoms. The maximum Gasteiger partial charge on any atom is 0.312 e. The quantitative estimate of drug-likeness (QED) is 0.451. The van der Waals surface area contributed by atoms with Crippen LogP contribution in [0.25, 0.3) is 0 Å². The Labute approximate surface area is 95.6 Å². The molecule has 0 heterocycles. The van der Waals surface area contributed by atoms with Gasteiger partial charge in [0.2, 0.25) is 0 Å². The van der Waals surface area contributed by atoms with Crippen LogP contribution in [0.15, 0.2) is 11.3 Å². The zero-order chi connectivity index (χ0) is 11.5. The van der Waals surface area contributed by atoms with Crippen molar-refractivity contribution in [2.75, 3.05) is 19.8 Å². The summed E-state index contributed by atoms with van der Waals surface area (Å²) in [4.78, 5) is 0. The third kappa shape index (κ3) is 6.44. The minimum absolute atomic E-state index is 0.366. The average Bonchev–Trinajstić information content (AvgIpc) is 2.24. The van der Waals surface area contributed by atoms with Crippen molar-refractivity contribution in [3.63, 3.8) is 0 Å². The zero-order valence-corrected chi connectivity index (χ0v) is 11.9. The fourth-order valence-corrected chi connectivity index (χ4v) is 2.64. The van der Waals surface area contributed by atoms with Crippen molar-refractivity contribution >= 4 is 9.52 Å². The zero-order valence-electron chi connectivity index (χ0n) is 10.5. The summed E-state index contributed by atoms with van der Waals surface area (Å²) in [5, 5.41) is 0.989. The molecule has 0 unspecified atom stereocenters. The summed E-state index contributed by atoms with van der Waals surface area (Å²) < 4.78 is 16.5. The second kappa shape index (κ2) is 9.89. The first-order valence-corrected chi connectivity index (χ1v) is 7.62. The molecule has 0 saturated carbocycles. The average molecular weight is 232 g/mol. The Balaban J connectivity index is 4.45. The lowest BCUT2D eigenvalue weighted by Gasteiger charge is -2.15. The molecule has 0 fully saturated rings. The van der Waals surface area contributed by atoms with E-state index in [1.807, 2.05) is 20.8 Å². The first-order valence-electron chi connectivity index (χ1n) is 5.91. The number of hydrogen-bond acceptors (Lipinski definition) is 3. The van der Waals surface area contributed by atoms with E-state index in [1.54, 1.807) is 0 Å². The summed E-state index contributed by atoms with van der Waals surface area (Å²) in [5.74, 6) is 0.627. The van der Waals surface area contributed by atoms with Crippen LogP contribution < -0.4 is 0 Å². The van der Waals surface area contributed by atoms with Crippen molar-refractivity contribution in [2.24, 2.45) is 0 Å². The van der Waals surface area contributed by atoms with Crippen LogP contribution in [0.1, 0.15) is 34.1 Å². The van der Waals surface area contributed by atoms with Gasteiger partial charge in [-0.1, -0.05) is 19.4 Å². The van der Waals surface area contributed by atoms with E-state index in [9.17, 15) is 0 Å². The third-order valence-corrected chi connectivity index (χ3v) is 3.86. The van der Waals surface area contributed by atoms with Crippen LogP contribution in [-0.4, -0.2) is 29.3 Å². The molecule has 90 valence electrons. The van der Waals surface area contributed by atoms with Gasteiger partial charge in [-0.25, -0.2) is 0 Å². The predicted octanol–water partition coefficient (Wildman–Crippen LogP) is 2.22. The molecule has 0 aliphatic carbocycles. The molecule has 0 aromatic heterocycles. The fourth-order valence-electron chi connectivity index (χ4n) is 1.21. The van der Waals surface area contributed by atoms with Crippen molar-refractivity contribution in [1.82, 2.24) is 0 Å². The van der Waals surface area contributed by atoms with Crippen LogP contribution in [0, 0.1) is 0 Å². The Morgan fingerprint density at radius 2 is 1.40 bits per heavy atom. The first-order chi connectivity index (χ1) is 7.29. The van der Waals surface area contributed by atoms with Gasteiger partial charge in [0.15, 0.2) is 0 Å². The van der Waals surface area contributed by atoms with Gasteiger partial charge in [-0.05, 0) is 20.8 Å². The monoisotopic (exact) mass is 232 g/mol. The Bertz CT molecular complexity index is 173. The molecule has 0 rings (SSSR count). The van der Waals surface area contributed by atoms with Crippen LogP contribution in [0.4, 0.5) is 0 Å². The predicted molar refractivity (Wildman–Crippen MR) is 65.5 cm³/mol. The molecule has 0 aromatic carbocycles. The number of hydrogen-bond donors (Lipinski definition) is 0. The Morgan fingerprint density at radius 3 is 1.80 bits per heavy atom. The van der Waals surface area contributed by atoms with Crippen molar-refractivity contribution in [3.05, 3.63) is 11.3 Å². The van der Waals surface area contributed by atoms with Gasteiger partial charge in [0.1, 0.15) is 14.9 Å². The highest BCUT2D eigenvalue weighted by Gasteiger charge is 2.10. The largest absolute Gasteiger partial charge is 0.497 e. The second-order valence-corrected chi connectivity index (χ2v) is 4.96. The van der Waals surface area contributed by atoms with Gasteiger partial charge in [-0.15, -0.1) is 0 Å². The van der Waals surface area contributed by atoms with E-state index in [0.717, 1.165) is 5.38 Å². The molecule has 0 saturated heterocycles. The third-order valence-electron chi connectivity index (χ3n) is 1.85. The van der Waals surface area contributed by atoms with Crippen molar-refractivity contribution in [2.45, 2.75) is 40.2 Å². The normalized spacial score (nSPS) is 10.4. The molecule has 0 N–H and O–H groups in total. The molecule has 0 amide bonds. The van der Waals surface area contributed by atoms with E-state index in [4.69, 9.17) is 14.2 Å². The van der Waals surface area contributed by atoms with Crippen LogP contribution in [-0.2, 0) is 14.2 Å². The highest BCUT2D eigenvalue weighted by molar-refractivity contribution is 6.44. The molecule has 15 heavy (non-hydrogen) atoms. The molecule has 0 atom stereocenters. The first kappa shape index (κ1) is 14.4. The van der Waals surface area contributed by atoms with E-state index in [-0.39, 0.29) is 9.52 Å². The Hall–Kier alpha value is -0.643. The fraction of sp³-hybridized carbons (Fsp3) is 0.818. The van der Waals surface area contributed by atoms with Gasteiger partial charge >= 0.3 is 5.95 Å². The molecule has 0 aliphatic heterocycles. The van der Waals surface area contributed by atoms with E-state index in [1.165, 1.54) is 12.5 Å². The molecular weight excluding hydrogens is 208 g/mol. The summed E-state index contributed by atoms with van der Waals surface area (Å²) >= 11 is 0. The highest BCUT2D eigenvalue weighted by atomic mass is 28.2. The van der Waals surface area contributed by atoms with Crippen LogP contribution in [0.3, 0.4) is 0 Å². The lowest BCUT2D eigenvalue weighted by Crippen LogP contribution is -2.10. The number of rotatable bonds is 9. The van der Waals surface area contributed by atoms with Crippen molar-refractivity contribution < 1.29 is 14.2 Å². The van der Waals surface area contributed by atoms with E-state index in [2.05, 4.69) is 6.92 Å². The smallest absolute Gasteiger partial charge is 0.312 e. The highest BCUT2D eigenvalue weighted by Crippen LogP contribution is 2.11. The lowest BCUT2D eigenvalue weighted by atomic mass is 10.6. The van der Waals surface area contributed by atoms with Crippen LogP contribution in [0.5, 0.6) is 0 Å². The van der Waals surface area contributed by atoms with Crippen molar-refractivity contribution in [3.8, 4) is 0 Å². The summed E-state index contributed by atoms with van der Waals surface area (Å²) in [5.41, 5.74) is 0. The van der Waals surface area contributed by atoms with Gasteiger partial charge in [0.25, 0.3) is 0 Å². The summed E-state index contributed by atoms with van der Waals surface area (Å²) in [6.07, 6.45) is 1.20. The maximum absolute atomic E-state index is 5.60. The Morgan fingerprint density at radius 1 is 0.867 bits per heavy atom. The van der Waals surface area contributed by atoms with E-state index >= 15 is 0 Å². The van der Waals surface area contributed by atoms with Gasteiger partial charge in [0, 0.05) is 0 Å². The van der Waals surface area contributed by atoms with Gasteiger partial charge < -0.3 is 14.2 Å². The van der Waals surface area contributed by atoms with Crippen LogP contribution in [0.2, 0.25) is 6.04 Å². The SMILES string of the molecule is CCC[SiH2]C(OCC)=C(OCC)OCC. The van der Waals surface area contributed by atoms with Gasteiger partial charge in [-0.2, -0.15) is 0 Å². The molecular formula is C11H24O3Si. The lowest BCUT2D eigenvalue weighted by molar-refractivity contribution is 0.0284.